The van der Waals surface area contributed by atoms with Crippen molar-refractivity contribution in [3.63, 3.8) is 0 Å². The Hall–Kier alpha value is -7.46. The largest absolute Gasteiger partial charge is 0.310 e. The van der Waals surface area contributed by atoms with Crippen molar-refractivity contribution in [2.75, 3.05) is 9.80 Å². The van der Waals surface area contributed by atoms with Crippen LogP contribution in [0.15, 0.2) is 231 Å². The molecule has 0 unspecified atom stereocenters. The SMILES string of the molecule is c1ccc(-c2ccccc2N(c2ccccc2)c2ccc3c(ccc4sc5ccc6cc(N(c7ccccc7)c7ccccc7-c7ccccc7)ccc6c5c43)c2)cc1. The summed E-state index contributed by atoms with van der Waals surface area (Å²) in [5.74, 6) is 0. The van der Waals surface area contributed by atoms with Crippen LogP contribution in [0, 0.1) is 0 Å². The molecule has 0 spiro atoms. The minimum absolute atomic E-state index is 1.12. The van der Waals surface area contributed by atoms with E-state index in [-0.39, 0.29) is 0 Å². The summed E-state index contributed by atoms with van der Waals surface area (Å²) in [5.41, 5.74) is 11.5. The third kappa shape index (κ3) is 6.20. The Morgan fingerprint density at radius 1 is 0.288 bits per heavy atom. The number of thiophene rings is 1. The summed E-state index contributed by atoms with van der Waals surface area (Å²) < 4.78 is 2.60. The number of fused-ring (bicyclic) bond motifs is 7. The lowest BCUT2D eigenvalue weighted by Crippen LogP contribution is -2.11. The van der Waals surface area contributed by atoms with Crippen molar-refractivity contribution >= 4 is 87.2 Å². The van der Waals surface area contributed by atoms with E-state index in [1.54, 1.807) is 0 Å². The highest BCUT2D eigenvalue weighted by Gasteiger charge is 2.21. The van der Waals surface area contributed by atoms with Gasteiger partial charge in [-0.3, -0.25) is 0 Å². The number of nitrogens with zero attached hydrogens (tertiary/aromatic N) is 2. The topological polar surface area (TPSA) is 6.48 Å². The lowest BCUT2D eigenvalue weighted by molar-refractivity contribution is 1.29. The van der Waals surface area contributed by atoms with Crippen LogP contribution >= 0.6 is 11.3 Å². The Labute approximate surface area is 348 Å². The van der Waals surface area contributed by atoms with Gasteiger partial charge in [0.2, 0.25) is 0 Å². The van der Waals surface area contributed by atoms with Crippen molar-refractivity contribution in [3.05, 3.63) is 231 Å². The quantitative estimate of drug-likeness (QED) is 0.152. The van der Waals surface area contributed by atoms with Crippen LogP contribution < -0.4 is 9.80 Å². The van der Waals surface area contributed by atoms with Crippen molar-refractivity contribution in [1.29, 1.82) is 0 Å². The van der Waals surface area contributed by atoms with Gasteiger partial charge in [-0.25, -0.2) is 0 Å². The molecule has 0 aliphatic heterocycles. The van der Waals surface area contributed by atoms with Gasteiger partial charge in [0.1, 0.15) is 0 Å². The fourth-order valence-corrected chi connectivity index (χ4v) is 9.88. The molecule has 0 saturated heterocycles. The summed E-state index contributed by atoms with van der Waals surface area (Å²) in [5, 5.41) is 7.60. The van der Waals surface area contributed by atoms with E-state index in [0.29, 0.717) is 0 Å². The summed E-state index contributed by atoms with van der Waals surface area (Å²) in [6.45, 7) is 0. The first kappa shape index (κ1) is 34.8. The van der Waals surface area contributed by atoms with Crippen LogP contribution in [0.1, 0.15) is 0 Å². The second kappa shape index (κ2) is 14.8. The zero-order valence-corrected chi connectivity index (χ0v) is 33.1. The monoisotopic (exact) mass is 770 g/mol. The van der Waals surface area contributed by atoms with Crippen LogP contribution in [-0.4, -0.2) is 0 Å². The molecule has 59 heavy (non-hydrogen) atoms. The Kier molecular flexibility index (Phi) is 8.72. The van der Waals surface area contributed by atoms with Crippen LogP contribution in [0.4, 0.5) is 34.1 Å². The third-order valence-corrected chi connectivity index (χ3v) is 12.5. The molecule has 1 heterocycles. The van der Waals surface area contributed by atoms with Gasteiger partial charge in [-0.2, -0.15) is 0 Å². The van der Waals surface area contributed by atoms with Gasteiger partial charge in [-0.15, -0.1) is 11.3 Å². The van der Waals surface area contributed by atoms with E-state index in [1.165, 1.54) is 64.0 Å². The lowest BCUT2D eigenvalue weighted by Gasteiger charge is -2.28. The third-order valence-electron chi connectivity index (χ3n) is 11.4. The highest BCUT2D eigenvalue weighted by Crippen LogP contribution is 2.47. The van der Waals surface area contributed by atoms with E-state index in [1.807, 2.05) is 11.3 Å². The molecule has 0 amide bonds. The minimum Gasteiger partial charge on any atom is -0.310 e. The molecule has 10 aromatic carbocycles. The highest BCUT2D eigenvalue weighted by atomic mass is 32.1. The van der Waals surface area contributed by atoms with Crippen molar-refractivity contribution < 1.29 is 0 Å². The number of anilines is 6. The Morgan fingerprint density at radius 2 is 0.661 bits per heavy atom. The van der Waals surface area contributed by atoms with E-state index in [4.69, 9.17) is 0 Å². The smallest absolute Gasteiger partial charge is 0.0540 e. The zero-order chi connectivity index (χ0) is 39.1. The summed E-state index contributed by atoms with van der Waals surface area (Å²) in [6.07, 6.45) is 0. The van der Waals surface area contributed by atoms with E-state index < -0.39 is 0 Å². The molecule has 0 radical (unpaired) electrons. The first-order valence-electron chi connectivity index (χ1n) is 20.1. The number of para-hydroxylation sites is 4. The van der Waals surface area contributed by atoms with Gasteiger partial charge in [-0.05, 0) is 105 Å². The average molecular weight is 771 g/mol. The minimum atomic E-state index is 1.12. The van der Waals surface area contributed by atoms with E-state index in [2.05, 4.69) is 240 Å². The number of benzene rings is 10. The van der Waals surface area contributed by atoms with Gasteiger partial charge in [0.25, 0.3) is 0 Å². The average Bonchev–Trinajstić information content (AvgIpc) is 3.71. The first-order chi connectivity index (χ1) is 29.3. The van der Waals surface area contributed by atoms with Crippen LogP contribution in [0.25, 0.3) is 64.0 Å². The van der Waals surface area contributed by atoms with Gasteiger partial charge in [0.05, 0.1) is 11.4 Å². The van der Waals surface area contributed by atoms with Gasteiger partial charge in [0.15, 0.2) is 0 Å². The molecule has 1 aromatic heterocycles. The van der Waals surface area contributed by atoms with Crippen LogP contribution in [0.2, 0.25) is 0 Å². The molecule has 11 aromatic rings. The van der Waals surface area contributed by atoms with Gasteiger partial charge in [0, 0.05) is 54.0 Å². The molecular formula is C56H38N2S. The van der Waals surface area contributed by atoms with Gasteiger partial charge < -0.3 is 9.80 Å². The van der Waals surface area contributed by atoms with Crippen LogP contribution in [0.5, 0.6) is 0 Å². The Balaban J connectivity index is 1.07. The molecule has 0 N–H and O–H groups in total. The first-order valence-corrected chi connectivity index (χ1v) is 20.9. The second-order valence-corrected chi connectivity index (χ2v) is 16.0. The molecule has 0 aliphatic rings. The standard InChI is InChI=1S/C56H38N2S/c1-5-17-39(18-6-1)47-25-13-15-27-51(47)57(43-21-9-3-10-22-43)45-31-33-49-41(37-45)29-35-53-55(49)56-50-34-32-46(38-42(50)30-36-54(56)59-53)58(44-23-11-4-12-24-44)52-28-16-14-26-48(52)40-19-7-2-8-20-40/h1-38H. The Bertz CT molecular complexity index is 3050. The fourth-order valence-electron chi connectivity index (χ4n) is 8.75. The fraction of sp³-hybridized carbons (Fsp3) is 0. The maximum atomic E-state index is 2.39. The zero-order valence-electron chi connectivity index (χ0n) is 32.2. The Morgan fingerprint density at radius 3 is 1.08 bits per heavy atom. The van der Waals surface area contributed by atoms with E-state index in [0.717, 1.165) is 34.1 Å². The number of rotatable bonds is 8. The molecule has 0 saturated carbocycles. The molecule has 0 aliphatic carbocycles. The lowest BCUT2D eigenvalue weighted by atomic mass is 9.97. The molecule has 0 fully saturated rings. The highest BCUT2D eigenvalue weighted by molar-refractivity contribution is 7.26. The van der Waals surface area contributed by atoms with Gasteiger partial charge >= 0.3 is 0 Å². The molecule has 278 valence electrons. The van der Waals surface area contributed by atoms with Crippen molar-refractivity contribution in [3.8, 4) is 22.3 Å². The predicted molar refractivity (Wildman–Crippen MR) is 255 cm³/mol. The molecule has 0 bridgehead atoms. The maximum Gasteiger partial charge on any atom is 0.0540 e. The predicted octanol–water partition coefficient (Wildman–Crippen LogP) is 16.6. The normalized spacial score (nSPS) is 11.4. The molecule has 2 nitrogen and oxygen atoms in total. The summed E-state index contributed by atoms with van der Waals surface area (Å²) >= 11 is 1.88. The van der Waals surface area contributed by atoms with Crippen LogP contribution in [-0.2, 0) is 0 Å². The molecule has 11 rings (SSSR count). The summed E-state index contributed by atoms with van der Waals surface area (Å²) in [7, 11) is 0. The number of hydrogen-bond acceptors (Lipinski definition) is 3. The molecule has 0 atom stereocenters. The van der Waals surface area contributed by atoms with Crippen molar-refractivity contribution in [2.24, 2.45) is 0 Å². The molecular weight excluding hydrogens is 733 g/mol. The van der Waals surface area contributed by atoms with Gasteiger partial charge in [-0.1, -0.05) is 158 Å². The van der Waals surface area contributed by atoms with Crippen molar-refractivity contribution in [2.45, 2.75) is 0 Å². The van der Waals surface area contributed by atoms with E-state index >= 15 is 0 Å². The number of hydrogen-bond donors (Lipinski definition) is 0. The maximum absolute atomic E-state index is 2.39. The molecule has 3 heteroatoms. The summed E-state index contributed by atoms with van der Waals surface area (Å²) in [4.78, 5) is 4.78. The second-order valence-electron chi connectivity index (χ2n) is 14.9. The summed E-state index contributed by atoms with van der Waals surface area (Å²) in [6, 6.07) is 83.4. The van der Waals surface area contributed by atoms with Crippen LogP contribution in [0.3, 0.4) is 0 Å². The van der Waals surface area contributed by atoms with Crippen molar-refractivity contribution in [1.82, 2.24) is 0 Å². The van der Waals surface area contributed by atoms with E-state index in [9.17, 15) is 0 Å².